The molecule has 1 aromatic rings. The molecule has 0 aliphatic heterocycles. The van der Waals surface area contributed by atoms with Crippen LogP contribution in [0.1, 0.15) is 5.69 Å². The van der Waals surface area contributed by atoms with Gasteiger partial charge in [0.15, 0.2) is 5.15 Å². The van der Waals surface area contributed by atoms with E-state index >= 15 is 0 Å². The summed E-state index contributed by atoms with van der Waals surface area (Å²) in [6.45, 7) is 0. The third kappa shape index (κ3) is 1.85. The molecule has 2 nitrogen and oxygen atoms in total. The van der Waals surface area contributed by atoms with Crippen molar-refractivity contribution in [3.8, 4) is 0 Å². The summed E-state index contributed by atoms with van der Waals surface area (Å²) in [4.78, 5) is 7.89. The molecule has 0 spiro atoms. The Balaban J connectivity index is 2.81. The van der Waals surface area contributed by atoms with Crippen molar-refractivity contribution in [1.82, 2.24) is 9.97 Å². The first kappa shape index (κ1) is 7.82. The highest BCUT2D eigenvalue weighted by atomic mass is 35.5. The van der Waals surface area contributed by atoms with Crippen molar-refractivity contribution in [2.24, 2.45) is 0 Å². The molecule has 4 heteroatoms. The molecule has 0 amide bonds. The van der Waals surface area contributed by atoms with E-state index in [1.807, 2.05) is 0 Å². The van der Waals surface area contributed by atoms with Gasteiger partial charge >= 0.3 is 0 Å². The molecule has 1 heterocycles. The van der Waals surface area contributed by atoms with Crippen molar-refractivity contribution in [2.75, 3.05) is 5.75 Å². The number of hydrogen-bond donors (Lipinski definition) is 1. The molecule has 0 N–H and O–H groups in total. The maximum Gasteiger partial charge on any atom is 0.150 e. The second-order valence-electron chi connectivity index (χ2n) is 1.77. The molecule has 10 heavy (non-hydrogen) atoms. The van der Waals surface area contributed by atoms with Crippen LogP contribution in [0.4, 0.5) is 0 Å². The van der Waals surface area contributed by atoms with Crippen molar-refractivity contribution in [3.63, 3.8) is 0 Å². The number of aryl methyl sites for hydroxylation is 1. The summed E-state index contributed by atoms with van der Waals surface area (Å²) in [5, 5.41) is 0.483. The van der Waals surface area contributed by atoms with Crippen LogP contribution in [0.15, 0.2) is 12.4 Å². The van der Waals surface area contributed by atoms with Gasteiger partial charge in [0.25, 0.3) is 0 Å². The quantitative estimate of drug-likeness (QED) is 0.690. The minimum absolute atomic E-state index is 0.483. The zero-order chi connectivity index (χ0) is 7.40. The Morgan fingerprint density at radius 3 is 2.70 bits per heavy atom. The van der Waals surface area contributed by atoms with Crippen LogP contribution in [0, 0.1) is 0 Å². The van der Waals surface area contributed by atoms with E-state index in [0.717, 1.165) is 17.9 Å². The number of rotatable bonds is 2. The van der Waals surface area contributed by atoms with Crippen molar-refractivity contribution >= 4 is 24.2 Å². The number of thiol groups is 1. The summed E-state index contributed by atoms with van der Waals surface area (Å²) in [6, 6.07) is 0. The van der Waals surface area contributed by atoms with Crippen molar-refractivity contribution < 1.29 is 0 Å². The normalized spacial score (nSPS) is 9.80. The molecular formula is C6H7ClN2S. The van der Waals surface area contributed by atoms with E-state index in [2.05, 4.69) is 22.6 Å². The summed E-state index contributed by atoms with van der Waals surface area (Å²) in [5.41, 5.74) is 0.819. The van der Waals surface area contributed by atoms with Gasteiger partial charge in [-0.15, -0.1) is 0 Å². The standard InChI is InChI=1S/C6H7ClN2S/c7-6-5(1-4-10)8-2-3-9-6/h2-3,10H,1,4H2. The van der Waals surface area contributed by atoms with Gasteiger partial charge in [0.1, 0.15) is 0 Å². The van der Waals surface area contributed by atoms with Gasteiger partial charge in [-0.1, -0.05) is 11.6 Å². The van der Waals surface area contributed by atoms with E-state index < -0.39 is 0 Å². The van der Waals surface area contributed by atoms with Gasteiger partial charge in [-0.25, -0.2) is 4.98 Å². The molecular weight excluding hydrogens is 168 g/mol. The van der Waals surface area contributed by atoms with Crippen LogP contribution in [-0.2, 0) is 6.42 Å². The Hall–Kier alpha value is -0.280. The molecule has 0 unspecified atom stereocenters. The van der Waals surface area contributed by atoms with Gasteiger partial charge in [-0.2, -0.15) is 12.6 Å². The van der Waals surface area contributed by atoms with E-state index in [4.69, 9.17) is 11.6 Å². The van der Waals surface area contributed by atoms with Gasteiger partial charge in [0.05, 0.1) is 5.69 Å². The summed E-state index contributed by atoms with van der Waals surface area (Å²) < 4.78 is 0. The maximum atomic E-state index is 5.70. The molecule has 0 saturated carbocycles. The lowest BCUT2D eigenvalue weighted by Crippen LogP contribution is -1.93. The van der Waals surface area contributed by atoms with E-state index in [0.29, 0.717) is 5.15 Å². The van der Waals surface area contributed by atoms with E-state index in [9.17, 15) is 0 Å². The van der Waals surface area contributed by atoms with Crippen LogP contribution >= 0.6 is 24.2 Å². The number of aromatic nitrogens is 2. The average Bonchev–Trinajstić information content (AvgIpc) is 1.94. The Labute approximate surface area is 70.1 Å². The topological polar surface area (TPSA) is 25.8 Å². The molecule has 0 atom stereocenters. The Morgan fingerprint density at radius 1 is 1.40 bits per heavy atom. The predicted octanol–water partition coefficient (Wildman–Crippen LogP) is 1.60. The van der Waals surface area contributed by atoms with Gasteiger partial charge in [0, 0.05) is 18.8 Å². The summed E-state index contributed by atoms with van der Waals surface area (Å²) >= 11 is 9.75. The fourth-order valence-corrected chi connectivity index (χ4v) is 1.03. The first-order chi connectivity index (χ1) is 4.84. The molecule has 54 valence electrons. The Bertz CT molecular complexity index is 217. The van der Waals surface area contributed by atoms with Crippen LogP contribution < -0.4 is 0 Å². The van der Waals surface area contributed by atoms with E-state index in [-0.39, 0.29) is 0 Å². The van der Waals surface area contributed by atoms with Gasteiger partial charge < -0.3 is 0 Å². The largest absolute Gasteiger partial charge is 0.256 e. The number of hydrogen-bond acceptors (Lipinski definition) is 3. The minimum Gasteiger partial charge on any atom is -0.256 e. The van der Waals surface area contributed by atoms with Crippen LogP contribution in [-0.4, -0.2) is 15.7 Å². The Kier molecular flexibility index (Phi) is 2.96. The lowest BCUT2D eigenvalue weighted by Gasteiger charge is -1.96. The zero-order valence-corrected chi connectivity index (χ0v) is 6.94. The molecule has 1 aromatic heterocycles. The van der Waals surface area contributed by atoms with Crippen LogP contribution in [0.2, 0.25) is 5.15 Å². The highest BCUT2D eigenvalue weighted by Gasteiger charge is 1.98. The number of nitrogens with zero attached hydrogens (tertiary/aromatic N) is 2. The highest BCUT2D eigenvalue weighted by molar-refractivity contribution is 7.80. The van der Waals surface area contributed by atoms with Gasteiger partial charge in [-0.3, -0.25) is 4.98 Å². The highest BCUT2D eigenvalue weighted by Crippen LogP contribution is 2.08. The Morgan fingerprint density at radius 2 is 2.10 bits per heavy atom. The summed E-state index contributed by atoms with van der Waals surface area (Å²) in [6.07, 6.45) is 3.98. The van der Waals surface area contributed by atoms with Crippen LogP contribution in [0.5, 0.6) is 0 Å². The minimum atomic E-state index is 0.483. The molecule has 0 aliphatic rings. The lowest BCUT2D eigenvalue weighted by molar-refractivity contribution is 1.01. The fraction of sp³-hybridized carbons (Fsp3) is 0.333. The van der Waals surface area contributed by atoms with Crippen molar-refractivity contribution in [1.29, 1.82) is 0 Å². The lowest BCUT2D eigenvalue weighted by atomic mass is 10.3. The molecule has 0 aromatic carbocycles. The van der Waals surface area contributed by atoms with Gasteiger partial charge in [0.2, 0.25) is 0 Å². The second-order valence-corrected chi connectivity index (χ2v) is 2.57. The van der Waals surface area contributed by atoms with E-state index in [1.54, 1.807) is 12.4 Å². The molecule has 0 radical (unpaired) electrons. The first-order valence-corrected chi connectivity index (χ1v) is 3.92. The summed E-state index contributed by atoms with van der Waals surface area (Å²) in [5.74, 6) is 0.748. The maximum absolute atomic E-state index is 5.70. The average molecular weight is 175 g/mol. The monoisotopic (exact) mass is 174 g/mol. The van der Waals surface area contributed by atoms with Crippen LogP contribution in [0.3, 0.4) is 0 Å². The zero-order valence-electron chi connectivity index (χ0n) is 5.29. The molecule has 1 rings (SSSR count). The number of halogens is 1. The SMILES string of the molecule is SCCc1nccnc1Cl. The smallest absolute Gasteiger partial charge is 0.150 e. The molecule has 0 aliphatic carbocycles. The first-order valence-electron chi connectivity index (χ1n) is 2.91. The third-order valence-electron chi connectivity index (χ3n) is 1.07. The third-order valence-corrected chi connectivity index (χ3v) is 1.61. The summed E-state index contributed by atoms with van der Waals surface area (Å²) in [7, 11) is 0. The molecule has 0 saturated heterocycles. The molecule has 0 fully saturated rings. The van der Waals surface area contributed by atoms with Crippen molar-refractivity contribution in [2.45, 2.75) is 6.42 Å². The van der Waals surface area contributed by atoms with Crippen LogP contribution in [0.25, 0.3) is 0 Å². The van der Waals surface area contributed by atoms with Gasteiger partial charge in [-0.05, 0) is 5.75 Å². The second kappa shape index (κ2) is 3.78. The predicted molar refractivity (Wildman–Crippen MR) is 44.6 cm³/mol. The van der Waals surface area contributed by atoms with E-state index in [1.165, 1.54) is 0 Å². The van der Waals surface area contributed by atoms with Crippen molar-refractivity contribution in [3.05, 3.63) is 23.2 Å². The fourth-order valence-electron chi connectivity index (χ4n) is 0.623. The molecule has 0 bridgehead atoms.